The average Bonchev–Trinajstić information content (AvgIpc) is 2.19. The van der Waals surface area contributed by atoms with E-state index in [1.165, 1.54) is 6.07 Å². The lowest BCUT2D eigenvalue weighted by atomic mass is 10.3. The van der Waals surface area contributed by atoms with Gasteiger partial charge in [0.1, 0.15) is 17.6 Å². The van der Waals surface area contributed by atoms with Gasteiger partial charge in [0, 0.05) is 6.07 Å². The van der Waals surface area contributed by atoms with Gasteiger partial charge >= 0.3 is 0 Å². The molecule has 0 aliphatic heterocycles. The number of hydrogen-bond donors (Lipinski definition) is 0. The Balaban J connectivity index is 2.78. The van der Waals surface area contributed by atoms with Crippen molar-refractivity contribution < 1.29 is 9.13 Å². The minimum atomic E-state index is -0.518. The van der Waals surface area contributed by atoms with Gasteiger partial charge in [-0.25, -0.2) is 4.39 Å². The molecular weight excluding hydrogens is 249 g/mol. The van der Waals surface area contributed by atoms with E-state index in [1.54, 1.807) is 12.1 Å². The van der Waals surface area contributed by atoms with Crippen LogP contribution in [-0.2, 0) is 0 Å². The van der Waals surface area contributed by atoms with Crippen LogP contribution in [0.1, 0.15) is 13.3 Å². The molecule has 0 saturated carbocycles. The lowest BCUT2D eigenvalue weighted by Crippen LogP contribution is -2.12. The minimum Gasteiger partial charge on any atom is -0.475 e. The van der Waals surface area contributed by atoms with Crippen LogP contribution in [0, 0.1) is 17.1 Å². The second-order valence-electron chi connectivity index (χ2n) is 2.72. The zero-order valence-electron chi connectivity index (χ0n) is 7.63. The smallest absolute Gasteiger partial charge is 0.184 e. The van der Waals surface area contributed by atoms with Crippen LogP contribution in [0.15, 0.2) is 22.7 Å². The highest BCUT2D eigenvalue weighted by molar-refractivity contribution is 9.10. The summed E-state index contributed by atoms with van der Waals surface area (Å²) >= 11 is 3.03. The number of rotatable bonds is 3. The first-order valence-corrected chi connectivity index (χ1v) is 4.98. The van der Waals surface area contributed by atoms with Gasteiger partial charge in [0.25, 0.3) is 0 Å². The summed E-state index contributed by atoms with van der Waals surface area (Å²) in [5.74, 6) is -0.0191. The van der Waals surface area contributed by atoms with Crippen molar-refractivity contribution in [3.05, 3.63) is 28.5 Å². The standard InChI is InChI=1S/C10H9BrFNO/c1-2-7(6-13)14-8-3-4-9(11)10(12)5-8/h3-5,7H,2H2,1H3. The average molecular weight is 258 g/mol. The molecule has 1 aromatic rings. The molecule has 0 radical (unpaired) electrons. The summed E-state index contributed by atoms with van der Waals surface area (Å²) in [6.45, 7) is 1.84. The van der Waals surface area contributed by atoms with Crippen LogP contribution >= 0.6 is 15.9 Å². The van der Waals surface area contributed by atoms with Gasteiger partial charge in [0.2, 0.25) is 0 Å². The Labute approximate surface area is 90.4 Å². The summed E-state index contributed by atoms with van der Waals surface area (Å²) in [5.41, 5.74) is 0. The first-order valence-electron chi connectivity index (χ1n) is 4.18. The highest BCUT2D eigenvalue weighted by Crippen LogP contribution is 2.21. The SMILES string of the molecule is CCC(C#N)Oc1ccc(Br)c(F)c1. The van der Waals surface area contributed by atoms with Gasteiger partial charge in [0.05, 0.1) is 4.47 Å². The molecule has 1 atom stereocenters. The highest BCUT2D eigenvalue weighted by Gasteiger charge is 2.07. The van der Waals surface area contributed by atoms with Crippen molar-refractivity contribution in [2.24, 2.45) is 0 Å². The minimum absolute atomic E-state index is 0.374. The van der Waals surface area contributed by atoms with E-state index >= 15 is 0 Å². The summed E-state index contributed by atoms with van der Waals surface area (Å²) in [5, 5.41) is 8.63. The first kappa shape index (κ1) is 11.0. The molecule has 0 amide bonds. The number of benzene rings is 1. The third-order valence-corrected chi connectivity index (χ3v) is 2.33. The molecule has 0 saturated heterocycles. The summed E-state index contributed by atoms with van der Waals surface area (Å²) < 4.78 is 18.6. The fourth-order valence-electron chi connectivity index (χ4n) is 0.915. The Morgan fingerprint density at radius 1 is 1.64 bits per heavy atom. The van der Waals surface area contributed by atoms with Crippen molar-refractivity contribution in [2.45, 2.75) is 19.4 Å². The molecule has 0 N–H and O–H groups in total. The number of nitriles is 1. The van der Waals surface area contributed by atoms with Crippen LogP contribution < -0.4 is 4.74 Å². The molecule has 14 heavy (non-hydrogen) atoms. The van der Waals surface area contributed by atoms with Crippen LogP contribution in [0.3, 0.4) is 0 Å². The molecule has 0 fully saturated rings. The molecule has 2 nitrogen and oxygen atoms in total. The van der Waals surface area contributed by atoms with Gasteiger partial charge in [-0.1, -0.05) is 6.92 Å². The van der Waals surface area contributed by atoms with Gasteiger partial charge in [-0.3, -0.25) is 0 Å². The van der Waals surface area contributed by atoms with Crippen molar-refractivity contribution in [2.75, 3.05) is 0 Å². The van der Waals surface area contributed by atoms with Crippen LogP contribution in [0.4, 0.5) is 4.39 Å². The van der Waals surface area contributed by atoms with Crippen molar-refractivity contribution in [1.29, 1.82) is 5.26 Å². The summed E-state index contributed by atoms with van der Waals surface area (Å²) in [6, 6.07) is 6.40. The van der Waals surface area contributed by atoms with Crippen LogP contribution in [0.25, 0.3) is 0 Å². The molecule has 0 spiro atoms. The Morgan fingerprint density at radius 3 is 2.86 bits per heavy atom. The molecular formula is C10H9BrFNO. The maximum absolute atomic E-state index is 13.0. The number of halogens is 2. The van der Waals surface area contributed by atoms with E-state index in [0.29, 0.717) is 16.6 Å². The van der Waals surface area contributed by atoms with Crippen molar-refractivity contribution in [3.63, 3.8) is 0 Å². The van der Waals surface area contributed by atoms with Crippen LogP contribution in [0.5, 0.6) is 5.75 Å². The van der Waals surface area contributed by atoms with E-state index in [1.807, 2.05) is 13.0 Å². The largest absolute Gasteiger partial charge is 0.475 e. The third-order valence-electron chi connectivity index (χ3n) is 1.68. The van der Waals surface area contributed by atoms with E-state index in [4.69, 9.17) is 10.00 Å². The lowest BCUT2D eigenvalue weighted by Gasteiger charge is -2.10. The Kier molecular flexibility index (Phi) is 3.90. The number of ether oxygens (including phenoxy) is 1. The molecule has 0 heterocycles. The summed E-state index contributed by atoms with van der Waals surface area (Å²) in [7, 11) is 0. The number of hydrogen-bond acceptors (Lipinski definition) is 2. The van der Waals surface area contributed by atoms with Gasteiger partial charge in [-0.15, -0.1) is 0 Å². The fraction of sp³-hybridized carbons (Fsp3) is 0.300. The van der Waals surface area contributed by atoms with E-state index < -0.39 is 11.9 Å². The van der Waals surface area contributed by atoms with Gasteiger partial charge in [-0.2, -0.15) is 5.26 Å². The molecule has 74 valence electrons. The van der Waals surface area contributed by atoms with E-state index in [0.717, 1.165) is 0 Å². The molecule has 0 aromatic heterocycles. The quantitative estimate of drug-likeness (QED) is 0.833. The maximum atomic E-state index is 13.0. The lowest BCUT2D eigenvalue weighted by molar-refractivity contribution is 0.251. The van der Waals surface area contributed by atoms with Crippen LogP contribution in [-0.4, -0.2) is 6.10 Å². The van der Waals surface area contributed by atoms with Crippen molar-refractivity contribution in [3.8, 4) is 11.8 Å². The maximum Gasteiger partial charge on any atom is 0.184 e. The summed E-state index contributed by atoms with van der Waals surface area (Å²) in [4.78, 5) is 0. The molecule has 1 rings (SSSR count). The molecule has 0 aliphatic carbocycles. The van der Waals surface area contributed by atoms with Crippen LogP contribution in [0.2, 0.25) is 0 Å². The normalized spacial score (nSPS) is 11.9. The Morgan fingerprint density at radius 2 is 2.36 bits per heavy atom. The molecule has 1 aromatic carbocycles. The fourth-order valence-corrected chi connectivity index (χ4v) is 1.16. The molecule has 0 aliphatic rings. The second-order valence-corrected chi connectivity index (χ2v) is 3.57. The van der Waals surface area contributed by atoms with Crippen molar-refractivity contribution in [1.82, 2.24) is 0 Å². The highest BCUT2D eigenvalue weighted by atomic mass is 79.9. The molecule has 4 heteroatoms. The predicted octanol–water partition coefficient (Wildman–Crippen LogP) is 3.27. The Hall–Kier alpha value is -1.08. The monoisotopic (exact) mass is 257 g/mol. The summed E-state index contributed by atoms with van der Waals surface area (Å²) in [6.07, 6.45) is 0.0596. The van der Waals surface area contributed by atoms with Gasteiger partial charge in [-0.05, 0) is 34.5 Å². The van der Waals surface area contributed by atoms with Crippen molar-refractivity contribution >= 4 is 15.9 Å². The topological polar surface area (TPSA) is 33.0 Å². The first-order chi connectivity index (χ1) is 6.67. The third kappa shape index (κ3) is 2.71. The number of nitrogens with zero attached hydrogens (tertiary/aromatic N) is 1. The van der Waals surface area contributed by atoms with Gasteiger partial charge < -0.3 is 4.74 Å². The zero-order valence-corrected chi connectivity index (χ0v) is 9.21. The zero-order chi connectivity index (χ0) is 10.6. The van der Waals surface area contributed by atoms with E-state index in [-0.39, 0.29) is 0 Å². The predicted molar refractivity (Wildman–Crippen MR) is 54.4 cm³/mol. The van der Waals surface area contributed by atoms with Gasteiger partial charge in [0.15, 0.2) is 6.10 Å². The molecule has 1 unspecified atom stereocenters. The molecule has 0 bridgehead atoms. The Bertz CT molecular complexity index is 362. The van der Waals surface area contributed by atoms with E-state index in [2.05, 4.69) is 15.9 Å². The second kappa shape index (κ2) is 4.97. The van der Waals surface area contributed by atoms with E-state index in [9.17, 15) is 4.39 Å².